The van der Waals surface area contributed by atoms with Gasteiger partial charge in [0.2, 0.25) is 0 Å². The number of benzene rings is 1. The summed E-state index contributed by atoms with van der Waals surface area (Å²) < 4.78 is 0. The van der Waals surface area contributed by atoms with Crippen LogP contribution < -0.4 is 10.6 Å². The highest BCUT2D eigenvalue weighted by atomic mass is 16.4. The molecule has 1 aromatic rings. The van der Waals surface area contributed by atoms with Crippen molar-refractivity contribution in [2.75, 3.05) is 23.7 Å². The second kappa shape index (κ2) is 4.19. The summed E-state index contributed by atoms with van der Waals surface area (Å²) in [6.45, 7) is 8.48. The topological polar surface area (TPSA) is 66.6 Å². The van der Waals surface area contributed by atoms with Gasteiger partial charge in [0.15, 0.2) is 0 Å². The highest BCUT2D eigenvalue weighted by Crippen LogP contribution is 2.37. The van der Waals surface area contributed by atoms with Gasteiger partial charge in [-0.05, 0) is 29.5 Å². The molecule has 1 aromatic carbocycles. The number of carbonyl (C=O) groups is 1. The summed E-state index contributed by atoms with van der Waals surface area (Å²) in [7, 11) is 0. The summed E-state index contributed by atoms with van der Waals surface area (Å²) in [5.41, 5.74) is 7.47. The zero-order valence-corrected chi connectivity index (χ0v) is 11.1. The lowest BCUT2D eigenvalue weighted by Crippen LogP contribution is -2.52. The molecule has 1 heterocycles. The third kappa shape index (κ3) is 2.28. The average Bonchev–Trinajstić information content (AvgIpc) is 2.15. The van der Waals surface area contributed by atoms with Gasteiger partial charge in [-0.1, -0.05) is 20.8 Å². The zero-order valence-electron chi connectivity index (χ0n) is 11.1. The Morgan fingerprint density at radius 3 is 2.50 bits per heavy atom. The summed E-state index contributed by atoms with van der Waals surface area (Å²) in [4.78, 5) is 13.3. The molecule has 2 rings (SSSR count). The van der Waals surface area contributed by atoms with E-state index in [9.17, 15) is 9.90 Å². The standard InChI is InChI=1S/C14H20N2O2/c1-14(2,3)9-7-16(8-9)12-5-4-10(15)6-11(12)13(17)18/h4-6,9H,7-8,15H2,1-3H3,(H,17,18). The first-order chi connectivity index (χ1) is 8.29. The Bertz CT molecular complexity index is 471. The quantitative estimate of drug-likeness (QED) is 0.789. The van der Waals surface area contributed by atoms with E-state index < -0.39 is 5.97 Å². The first-order valence-corrected chi connectivity index (χ1v) is 6.17. The Kier molecular flexibility index (Phi) is 2.97. The van der Waals surface area contributed by atoms with E-state index in [1.165, 1.54) is 6.07 Å². The van der Waals surface area contributed by atoms with Crippen LogP contribution >= 0.6 is 0 Å². The van der Waals surface area contributed by atoms with Crippen molar-refractivity contribution in [3.8, 4) is 0 Å². The van der Waals surface area contributed by atoms with E-state index >= 15 is 0 Å². The molecule has 4 heteroatoms. The number of nitrogens with zero attached hydrogens (tertiary/aromatic N) is 1. The van der Waals surface area contributed by atoms with Crippen molar-refractivity contribution in [2.45, 2.75) is 20.8 Å². The first-order valence-electron chi connectivity index (χ1n) is 6.17. The van der Waals surface area contributed by atoms with Crippen LogP contribution in [0, 0.1) is 11.3 Å². The van der Waals surface area contributed by atoms with Gasteiger partial charge in [0.05, 0.1) is 11.3 Å². The number of hydrogen-bond acceptors (Lipinski definition) is 3. The molecule has 18 heavy (non-hydrogen) atoms. The maximum atomic E-state index is 11.2. The molecule has 0 unspecified atom stereocenters. The largest absolute Gasteiger partial charge is 0.478 e. The van der Waals surface area contributed by atoms with Crippen molar-refractivity contribution in [3.05, 3.63) is 23.8 Å². The third-order valence-corrected chi connectivity index (χ3v) is 3.70. The van der Waals surface area contributed by atoms with Crippen molar-refractivity contribution < 1.29 is 9.90 Å². The van der Waals surface area contributed by atoms with Crippen molar-refractivity contribution in [1.82, 2.24) is 0 Å². The molecule has 1 aliphatic heterocycles. The molecule has 0 spiro atoms. The van der Waals surface area contributed by atoms with E-state index in [1.807, 2.05) is 0 Å². The van der Waals surface area contributed by atoms with E-state index in [2.05, 4.69) is 25.7 Å². The number of hydrogen-bond donors (Lipinski definition) is 2. The molecule has 0 bridgehead atoms. The third-order valence-electron chi connectivity index (χ3n) is 3.70. The summed E-state index contributed by atoms with van der Waals surface area (Å²) in [5.74, 6) is -0.312. The molecule has 3 N–H and O–H groups in total. The van der Waals surface area contributed by atoms with Crippen molar-refractivity contribution in [3.63, 3.8) is 0 Å². The van der Waals surface area contributed by atoms with Gasteiger partial charge < -0.3 is 15.7 Å². The van der Waals surface area contributed by atoms with Gasteiger partial charge in [-0.15, -0.1) is 0 Å². The maximum absolute atomic E-state index is 11.2. The van der Waals surface area contributed by atoms with Crippen LogP contribution in [0.4, 0.5) is 11.4 Å². The SMILES string of the molecule is CC(C)(C)C1CN(c2ccc(N)cc2C(=O)O)C1. The number of rotatable bonds is 2. The van der Waals surface area contributed by atoms with Crippen LogP contribution in [0.3, 0.4) is 0 Å². The molecule has 0 atom stereocenters. The Morgan fingerprint density at radius 2 is 2.00 bits per heavy atom. The molecule has 0 radical (unpaired) electrons. The van der Waals surface area contributed by atoms with E-state index in [1.54, 1.807) is 12.1 Å². The van der Waals surface area contributed by atoms with E-state index in [4.69, 9.17) is 5.73 Å². The summed E-state index contributed by atoms with van der Waals surface area (Å²) in [6.07, 6.45) is 0. The predicted molar refractivity (Wildman–Crippen MR) is 73.0 cm³/mol. The van der Waals surface area contributed by atoms with Crippen LogP contribution in [0.1, 0.15) is 31.1 Å². The van der Waals surface area contributed by atoms with Crippen LogP contribution in [0.5, 0.6) is 0 Å². The van der Waals surface area contributed by atoms with Gasteiger partial charge in [-0.2, -0.15) is 0 Å². The number of carboxylic acid groups (broad SMARTS) is 1. The predicted octanol–water partition coefficient (Wildman–Crippen LogP) is 2.45. The van der Waals surface area contributed by atoms with E-state index in [-0.39, 0.29) is 5.41 Å². The van der Waals surface area contributed by atoms with Crippen molar-refractivity contribution in [1.29, 1.82) is 0 Å². The summed E-state index contributed by atoms with van der Waals surface area (Å²) >= 11 is 0. The Morgan fingerprint density at radius 1 is 1.39 bits per heavy atom. The lowest BCUT2D eigenvalue weighted by molar-refractivity contribution is 0.0697. The molecule has 0 aromatic heterocycles. The summed E-state index contributed by atoms with van der Waals surface area (Å²) in [5, 5.41) is 9.20. The van der Waals surface area contributed by atoms with Gasteiger partial charge >= 0.3 is 5.97 Å². The normalized spacial score (nSPS) is 16.5. The number of nitrogens with two attached hydrogens (primary N) is 1. The minimum Gasteiger partial charge on any atom is -0.478 e. The summed E-state index contributed by atoms with van der Waals surface area (Å²) in [6, 6.07) is 5.09. The van der Waals surface area contributed by atoms with Crippen LogP contribution in [0.15, 0.2) is 18.2 Å². The molecule has 4 nitrogen and oxygen atoms in total. The minimum atomic E-state index is -0.920. The molecule has 0 saturated carbocycles. The minimum absolute atomic E-state index is 0.272. The fraction of sp³-hybridized carbons (Fsp3) is 0.500. The van der Waals surface area contributed by atoms with E-state index in [0.29, 0.717) is 17.2 Å². The lowest BCUT2D eigenvalue weighted by atomic mass is 9.75. The molecular formula is C14H20N2O2. The molecule has 0 aliphatic carbocycles. The molecule has 1 fully saturated rings. The number of aromatic carboxylic acids is 1. The molecule has 98 valence electrons. The molecule has 1 saturated heterocycles. The van der Waals surface area contributed by atoms with Gasteiger partial charge in [0, 0.05) is 18.8 Å². The fourth-order valence-corrected chi connectivity index (χ4v) is 2.22. The monoisotopic (exact) mass is 248 g/mol. The van der Waals surface area contributed by atoms with E-state index in [0.717, 1.165) is 18.8 Å². The Labute approximate surface area is 107 Å². The molecule has 0 amide bonds. The maximum Gasteiger partial charge on any atom is 0.337 e. The highest BCUT2D eigenvalue weighted by Gasteiger charge is 2.36. The smallest absolute Gasteiger partial charge is 0.337 e. The second-order valence-corrected chi connectivity index (χ2v) is 6.05. The van der Waals surface area contributed by atoms with Gasteiger partial charge in [-0.25, -0.2) is 4.79 Å². The van der Waals surface area contributed by atoms with Gasteiger partial charge in [0.1, 0.15) is 0 Å². The van der Waals surface area contributed by atoms with Crippen LogP contribution in [0.2, 0.25) is 0 Å². The first kappa shape index (κ1) is 12.7. The average molecular weight is 248 g/mol. The lowest BCUT2D eigenvalue weighted by Gasteiger charge is -2.48. The fourth-order valence-electron chi connectivity index (χ4n) is 2.22. The molecular weight excluding hydrogens is 228 g/mol. The van der Waals surface area contributed by atoms with Crippen molar-refractivity contribution in [2.24, 2.45) is 11.3 Å². The van der Waals surface area contributed by atoms with Crippen LogP contribution in [-0.2, 0) is 0 Å². The Hall–Kier alpha value is -1.71. The number of carboxylic acids is 1. The van der Waals surface area contributed by atoms with Crippen molar-refractivity contribution >= 4 is 17.3 Å². The molecule has 1 aliphatic rings. The zero-order chi connectivity index (χ0) is 13.5. The van der Waals surface area contributed by atoms with Crippen LogP contribution in [0.25, 0.3) is 0 Å². The number of anilines is 2. The van der Waals surface area contributed by atoms with Gasteiger partial charge in [0.25, 0.3) is 0 Å². The van der Waals surface area contributed by atoms with Gasteiger partial charge in [-0.3, -0.25) is 0 Å². The second-order valence-electron chi connectivity index (χ2n) is 6.05. The Balaban J connectivity index is 2.19. The van der Waals surface area contributed by atoms with Crippen LogP contribution in [-0.4, -0.2) is 24.2 Å². The highest BCUT2D eigenvalue weighted by molar-refractivity contribution is 5.95. The number of nitrogen functional groups attached to an aromatic ring is 1.